The molecule has 0 aromatic rings. The van der Waals surface area contributed by atoms with Crippen LogP contribution in [-0.4, -0.2) is 37.0 Å². The molecule has 0 heterocycles. The summed E-state index contributed by atoms with van der Waals surface area (Å²) < 4.78 is 10.9. The molecule has 0 spiro atoms. The van der Waals surface area contributed by atoms with E-state index in [1.807, 2.05) is 12.2 Å². The van der Waals surface area contributed by atoms with Crippen molar-refractivity contribution >= 4 is 5.97 Å². The molecule has 216 valence electrons. The lowest BCUT2D eigenvalue weighted by molar-refractivity contribution is -0.153. The number of aliphatic hydroxyl groups is 1. The molecule has 1 N–H and O–H groups in total. The molecule has 4 nitrogen and oxygen atoms in total. The zero-order valence-corrected chi connectivity index (χ0v) is 24.4. The van der Waals surface area contributed by atoms with E-state index >= 15 is 0 Å². The molecule has 1 unspecified atom stereocenters. The third kappa shape index (κ3) is 28.4. The molecule has 0 rings (SSSR count). The summed E-state index contributed by atoms with van der Waals surface area (Å²) in [5.74, 6) is -0.335. The van der Waals surface area contributed by atoms with Crippen molar-refractivity contribution in [2.24, 2.45) is 0 Å². The van der Waals surface area contributed by atoms with Crippen molar-refractivity contribution in [2.75, 3.05) is 19.8 Å². The molecule has 0 saturated heterocycles. The van der Waals surface area contributed by atoms with Gasteiger partial charge in [0.25, 0.3) is 0 Å². The van der Waals surface area contributed by atoms with Crippen LogP contribution in [0.4, 0.5) is 0 Å². The van der Waals surface area contributed by atoms with Crippen molar-refractivity contribution in [3.8, 4) is 0 Å². The molecule has 1 atom stereocenters. The Bertz CT molecular complexity index is 685. The van der Waals surface area contributed by atoms with Crippen molar-refractivity contribution < 1.29 is 19.4 Å². The smallest absolute Gasteiger partial charge is 0.310 e. The second-order valence-corrected chi connectivity index (χ2v) is 9.45. The van der Waals surface area contributed by atoms with E-state index in [1.54, 1.807) is 0 Å². The van der Waals surface area contributed by atoms with Gasteiger partial charge in [0.05, 0.1) is 19.6 Å². The summed E-state index contributed by atoms with van der Waals surface area (Å²) in [5.41, 5.74) is 0. The van der Waals surface area contributed by atoms with Crippen molar-refractivity contribution in [3.05, 3.63) is 72.9 Å². The minimum Gasteiger partial charge on any atom is -0.457 e. The second kappa shape index (κ2) is 31.1. The van der Waals surface area contributed by atoms with E-state index in [-0.39, 0.29) is 25.6 Å². The molecule has 0 fully saturated rings. The van der Waals surface area contributed by atoms with E-state index < -0.39 is 6.10 Å². The number of allylic oxidation sites excluding steroid dienone is 11. The largest absolute Gasteiger partial charge is 0.457 e. The Morgan fingerprint density at radius 3 is 1.76 bits per heavy atom. The minimum atomic E-state index is -0.592. The summed E-state index contributed by atoms with van der Waals surface area (Å²) in [7, 11) is 0. The molecule has 0 aromatic heterocycles. The number of carbonyl (C=O) groups is 1. The Labute approximate surface area is 234 Å². The van der Waals surface area contributed by atoms with Crippen LogP contribution >= 0.6 is 0 Å². The van der Waals surface area contributed by atoms with Crippen LogP contribution in [0.3, 0.4) is 0 Å². The molecule has 4 heteroatoms. The van der Waals surface area contributed by atoms with Crippen LogP contribution in [0.1, 0.15) is 110 Å². The van der Waals surface area contributed by atoms with Crippen LogP contribution in [0, 0.1) is 0 Å². The lowest BCUT2D eigenvalue weighted by atomic mass is 10.1. The third-order valence-electron chi connectivity index (χ3n) is 5.78. The lowest BCUT2D eigenvalue weighted by Gasteiger charge is -2.15. The molecule has 0 aliphatic heterocycles. The molecule has 0 aliphatic carbocycles. The zero-order chi connectivity index (χ0) is 27.8. The van der Waals surface area contributed by atoms with Gasteiger partial charge in [0, 0.05) is 6.61 Å². The van der Waals surface area contributed by atoms with Gasteiger partial charge in [0.15, 0.2) is 0 Å². The predicted octanol–water partition coefficient (Wildman–Crippen LogP) is 9.14. The number of aliphatic hydroxyl groups excluding tert-OH is 1. The van der Waals surface area contributed by atoms with Crippen molar-refractivity contribution in [3.63, 3.8) is 0 Å². The molecule has 0 saturated carbocycles. The molecule has 0 aliphatic rings. The highest BCUT2D eigenvalue weighted by molar-refractivity contribution is 5.71. The molecule has 0 aromatic carbocycles. The predicted molar refractivity (Wildman–Crippen MR) is 163 cm³/mol. The van der Waals surface area contributed by atoms with Gasteiger partial charge in [0.2, 0.25) is 0 Å². The number of rotatable bonds is 26. The zero-order valence-electron chi connectivity index (χ0n) is 24.4. The average molecular weight is 529 g/mol. The van der Waals surface area contributed by atoms with Gasteiger partial charge in [-0.25, -0.2) is 0 Å². The van der Waals surface area contributed by atoms with Gasteiger partial charge in [0.1, 0.15) is 6.10 Å². The Kier molecular flexibility index (Phi) is 29.3. The Hall–Kier alpha value is -2.17. The van der Waals surface area contributed by atoms with Crippen LogP contribution in [0.2, 0.25) is 0 Å². The standard InChI is InChI=1S/C34H56O4/c1-3-5-7-9-11-13-15-16-17-18-19-21-23-25-27-29-34(36)38-33(31-35)32-37-30-28-26-24-22-20-14-12-10-8-6-4-2/h5,7-8,10-11,13,16-17,19,21,25,27,33,35H,3-4,6,9,12,14-15,18,20,22-24,26,28-32H2,1-2H3/b7-5-,10-8-,13-11-,17-16-,21-19-,27-25-. The van der Waals surface area contributed by atoms with Crippen LogP contribution in [0.5, 0.6) is 0 Å². The van der Waals surface area contributed by atoms with Crippen molar-refractivity contribution in [1.29, 1.82) is 0 Å². The van der Waals surface area contributed by atoms with Crippen LogP contribution < -0.4 is 0 Å². The Morgan fingerprint density at radius 2 is 1.18 bits per heavy atom. The summed E-state index contributed by atoms with van der Waals surface area (Å²) in [4.78, 5) is 12.0. The highest BCUT2D eigenvalue weighted by Gasteiger charge is 2.12. The first-order valence-electron chi connectivity index (χ1n) is 15.0. The Morgan fingerprint density at radius 1 is 0.658 bits per heavy atom. The fraction of sp³-hybridized carbons (Fsp3) is 0.618. The van der Waals surface area contributed by atoms with Crippen LogP contribution in [-0.2, 0) is 14.3 Å². The topological polar surface area (TPSA) is 55.8 Å². The fourth-order valence-electron chi connectivity index (χ4n) is 3.58. The minimum absolute atomic E-state index is 0.207. The van der Waals surface area contributed by atoms with Crippen molar-refractivity contribution in [1.82, 2.24) is 0 Å². The normalized spacial score (nSPS) is 13.4. The van der Waals surface area contributed by atoms with Gasteiger partial charge in [-0.3, -0.25) is 4.79 Å². The number of hydrogen-bond donors (Lipinski definition) is 1. The maximum Gasteiger partial charge on any atom is 0.310 e. The number of esters is 1. The van der Waals surface area contributed by atoms with Gasteiger partial charge in [-0.15, -0.1) is 0 Å². The first kappa shape index (κ1) is 35.8. The molecule has 0 radical (unpaired) electrons. The molecule has 0 bridgehead atoms. The maximum absolute atomic E-state index is 12.0. The SMILES string of the molecule is CC/C=C\C/C=C\C/C=C\C/C=C\C/C=C\CC(=O)OC(CO)COCCCCCCCC/C=C\CCC. The average Bonchev–Trinajstić information content (AvgIpc) is 2.92. The third-order valence-corrected chi connectivity index (χ3v) is 5.78. The first-order chi connectivity index (χ1) is 18.7. The lowest BCUT2D eigenvalue weighted by Crippen LogP contribution is -2.27. The van der Waals surface area contributed by atoms with Crippen molar-refractivity contribution in [2.45, 2.75) is 116 Å². The molecular weight excluding hydrogens is 472 g/mol. The van der Waals surface area contributed by atoms with E-state index in [0.29, 0.717) is 6.61 Å². The van der Waals surface area contributed by atoms with E-state index in [0.717, 1.165) is 44.9 Å². The molecular formula is C34H56O4. The highest BCUT2D eigenvalue weighted by atomic mass is 16.6. The summed E-state index contributed by atoms with van der Waals surface area (Å²) in [6, 6.07) is 0. The monoisotopic (exact) mass is 528 g/mol. The summed E-state index contributed by atoms with van der Waals surface area (Å²) >= 11 is 0. The number of ether oxygens (including phenoxy) is 2. The van der Waals surface area contributed by atoms with Gasteiger partial charge < -0.3 is 14.6 Å². The fourth-order valence-corrected chi connectivity index (χ4v) is 3.58. The maximum atomic E-state index is 12.0. The van der Waals surface area contributed by atoms with E-state index in [4.69, 9.17) is 9.47 Å². The van der Waals surface area contributed by atoms with Gasteiger partial charge in [-0.2, -0.15) is 0 Å². The highest BCUT2D eigenvalue weighted by Crippen LogP contribution is 2.08. The van der Waals surface area contributed by atoms with E-state index in [9.17, 15) is 9.90 Å². The second-order valence-electron chi connectivity index (χ2n) is 9.45. The van der Waals surface area contributed by atoms with E-state index in [2.05, 4.69) is 74.6 Å². The van der Waals surface area contributed by atoms with Crippen LogP contribution in [0.15, 0.2) is 72.9 Å². The quantitative estimate of drug-likeness (QED) is 0.0691. The van der Waals surface area contributed by atoms with Gasteiger partial charge in [-0.05, 0) is 57.8 Å². The molecule has 38 heavy (non-hydrogen) atoms. The summed E-state index contributed by atoms with van der Waals surface area (Å²) in [6.45, 7) is 5.02. The number of carbonyl (C=O) groups excluding carboxylic acids is 1. The summed E-state index contributed by atoms with van der Waals surface area (Å²) in [5, 5.41) is 9.47. The van der Waals surface area contributed by atoms with Gasteiger partial charge in [-0.1, -0.05) is 119 Å². The molecule has 0 amide bonds. The van der Waals surface area contributed by atoms with Gasteiger partial charge >= 0.3 is 5.97 Å². The van der Waals surface area contributed by atoms with Crippen LogP contribution in [0.25, 0.3) is 0 Å². The van der Waals surface area contributed by atoms with E-state index in [1.165, 1.54) is 44.9 Å². The first-order valence-corrected chi connectivity index (χ1v) is 15.0. The number of hydrogen-bond acceptors (Lipinski definition) is 4. The number of unbranched alkanes of at least 4 members (excludes halogenated alkanes) is 7. The summed E-state index contributed by atoms with van der Waals surface area (Å²) in [6.07, 6.45) is 40.9. The Balaban J connectivity index is 3.69.